The van der Waals surface area contributed by atoms with Gasteiger partial charge in [-0.2, -0.15) is 0 Å². The number of hydrogen-bond donors (Lipinski definition) is 1. The van der Waals surface area contributed by atoms with Crippen LogP contribution in [0.25, 0.3) is 0 Å². The lowest BCUT2D eigenvalue weighted by atomic mass is 10.1. The molecule has 0 unspecified atom stereocenters. The zero-order valence-corrected chi connectivity index (χ0v) is 12.1. The van der Waals surface area contributed by atoms with Crippen LogP contribution in [-0.2, 0) is 6.42 Å². The third-order valence-electron chi connectivity index (χ3n) is 3.40. The Bertz CT molecular complexity index is 620. The molecule has 0 spiro atoms. The van der Waals surface area contributed by atoms with Crippen LogP contribution >= 0.6 is 0 Å². The maximum atomic E-state index is 12.0. The van der Waals surface area contributed by atoms with Crippen molar-refractivity contribution in [1.82, 2.24) is 0 Å². The van der Waals surface area contributed by atoms with Crippen molar-refractivity contribution in [2.45, 2.75) is 27.2 Å². The Hall–Kier alpha value is -2.29. The van der Waals surface area contributed by atoms with E-state index in [0.717, 1.165) is 28.8 Å². The monoisotopic (exact) mass is 269 g/mol. The summed E-state index contributed by atoms with van der Waals surface area (Å²) in [5.74, 6) is 0.609. The molecule has 0 saturated carbocycles. The summed E-state index contributed by atoms with van der Waals surface area (Å²) in [6.07, 6.45) is 0.368. The van der Waals surface area contributed by atoms with Gasteiger partial charge in [0.2, 0.25) is 0 Å². The van der Waals surface area contributed by atoms with E-state index in [2.05, 4.69) is 5.32 Å². The van der Waals surface area contributed by atoms with E-state index in [1.54, 1.807) is 0 Å². The maximum absolute atomic E-state index is 12.0. The Morgan fingerprint density at radius 2 is 1.85 bits per heavy atom. The first kappa shape index (κ1) is 14.1. The van der Waals surface area contributed by atoms with E-state index in [1.165, 1.54) is 0 Å². The van der Waals surface area contributed by atoms with Gasteiger partial charge in [0.1, 0.15) is 5.75 Å². The predicted octanol–water partition coefficient (Wildman–Crippen LogP) is 4.48. The smallest absolute Gasteiger partial charge is 0.410 e. The molecule has 2 aromatic carbocycles. The van der Waals surface area contributed by atoms with E-state index >= 15 is 0 Å². The zero-order valence-electron chi connectivity index (χ0n) is 12.1. The number of carbonyl (C=O) groups is 1. The van der Waals surface area contributed by atoms with Gasteiger partial charge in [-0.05, 0) is 49.1 Å². The van der Waals surface area contributed by atoms with Gasteiger partial charge < -0.3 is 4.74 Å². The highest BCUT2D eigenvalue weighted by molar-refractivity contribution is 5.87. The molecule has 0 radical (unpaired) electrons. The van der Waals surface area contributed by atoms with Gasteiger partial charge in [0.25, 0.3) is 0 Å². The molecule has 0 aliphatic rings. The molecule has 0 saturated heterocycles. The molecule has 0 heterocycles. The molecule has 2 rings (SSSR count). The maximum Gasteiger partial charge on any atom is 0.417 e. The summed E-state index contributed by atoms with van der Waals surface area (Å²) >= 11 is 0. The fraction of sp³-hybridized carbons (Fsp3) is 0.235. The molecule has 0 aromatic heterocycles. The lowest BCUT2D eigenvalue weighted by molar-refractivity contribution is 0.214. The molecule has 0 bridgehead atoms. The van der Waals surface area contributed by atoms with Crippen molar-refractivity contribution >= 4 is 11.8 Å². The highest BCUT2D eigenvalue weighted by Crippen LogP contribution is 2.21. The number of rotatable bonds is 3. The molecule has 104 valence electrons. The number of ether oxygens (including phenoxy) is 1. The summed E-state index contributed by atoms with van der Waals surface area (Å²) in [6.45, 7) is 6.02. The first-order valence-corrected chi connectivity index (χ1v) is 6.74. The number of nitrogens with one attached hydrogen (secondary N) is 1. The van der Waals surface area contributed by atoms with Gasteiger partial charge in [-0.25, -0.2) is 4.79 Å². The average molecular weight is 269 g/mol. The number of aryl methyl sites for hydroxylation is 2. The van der Waals surface area contributed by atoms with E-state index in [0.29, 0.717) is 5.75 Å². The van der Waals surface area contributed by atoms with Crippen LogP contribution in [0.4, 0.5) is 10.5 Å². The van der Waals surface area contributed by atoms with Gasteiger partial charge in [0.15, 0.2) is 0 Å². The second kappa shape index (κ2) is 6.24. The van der Waals surface area contributed by atoms with Gasteiger partial charge in [0, 0.05) is 5.69 Å². The molecule has 0 atom stereocenters. The van der Waals surface area contributed by atoms with Crippen molar-refractivity contribution in [2.24, 2.45) is 0 Å². The summed E-state index contributed by atoms with van der Waals surface area (Å²) in [7, 11) is 0. The van der Waals surface area contributed by atoms with Crippen LogP contribution in [0, 0.1) is 13.8 Å². The molecular weight excluding hydrogens is 250 g/mol. The van der Waals surface area contributed by atoms with E-state index in [4.69, 9.17) is 4.74 Å². The molecule has 1 amide bonds. The number of anilines is 1. The molecule has 3 heteroatoms. The van der Waals surface area contributed by atoms with Crippen molar-refractivity contribution < 1.29 is 9.53 Å². The van der Waals surface area contributed by atoms with Crippen molar-refractivity contribution in [3.05, 3.63) is 59.2 Å². The average Bonchev–Trinajstić information content (AvgIpc) is 2.44. The Morgan fingerprint density at radius 1 is 1.10 bits per heavy atom. The molecule has 20 heavy (non-hydrogen) atoms. The molecule has 3 nitrogen and oxygen atoms in total. The number of amides is 1. The first-order chi connectivity index (χ1) is 9.61. The van der Waals surface area contributed by atoms with Crippen LogP contribution < -0.4 is 10.1 Å². The summed E-state index contributed by atoms with van der Waals surface area (Å²) in [4.78, 5) is 12.0. The topological polar surface area (TPSA) is 38.3 Å². The molecule has 0 aliphatic carbocycles. The SMILES string of the molecule is CCc1ccccc1OC(=O)Nc1cccc(C)c1C. The van der Waals surface area contributed by atoms with Crippen molar-refractivity contribution in [1.29, 1.82) is 0 Å². The van der Waals surface area contributed by atoms with Crippen LogP contribution in [-0.4, -0.2) is 6.09 Å². The van der Waals surface area contributed by atoms with Crippen LogP contribution in [0.5, 0.6) is 5.75 Å². The van der Waals surface area contributed by atoms with Gasteiger partial charge >= 0.3 is 6.09 Å². The Morgan fingerprint density at radius 3 is 2.60 bits per heavy atom. The van der Waals surface area contributed by atoms with Crippen molar-refractivity contribution in [3.8, 4) is 5.75 Å². The van der Waals surface area contributed by atoms with E-state index in [-0.39, 0.29) is 0 Å². The van der Waals surface area contributed by atoms with E-state index < -0.39 is 6.09 Å². The third-order valence-corrected chi connectivity index (χ3v) is 3.40. The lowest BCUT2D eigenvalue weighted by Crippen LogP contribution is -2.18. The number of benzene rings is 2. The number of carbonyl (C=O) groups excluding carboxylic acids is 1. The largest absolute Gasteiger partial charge is 0.417 e. The molecule has 0 aliphatic heterocycles. The fourth-order valence-electron chi connectivity index (χ4n) is 2.02. The van der Waals surface area contributed by atoms with Crippen LogP contribution in [0.1, 0.15) is 23.6 Å². The Balaban J connectivity index is 2.11. The highest BCUT2D eigenvalue weighted by Gasteiger charge is 2.09. The molecule has 1 N–H and O–H groups in total. The van der Waals surface area contributed by atoms with E-state index in [1.807, 2.05) is 63.2 Å². The summed E-state index contributed by atoms with van der Waals surface area (Å²) in [5, 5.41) is 2.79. The first-order valence-electron chi connectivity index (χ1n) is 6.74. The molecule has 2 aromatic rings. The lowest BCUT2D eigenvalue weighted by Gasteiger charge is -2.12. The zero-order chi connectivity index (χ0) is 14.5. The van der Waals surface area contributed by atoms with E-state index in [9.17, 15) is 4.79 Å². The predicted molar refractivity (Wildman–Crippen MR) is 81.4 cm³/mol. The standard InChI is InChI=1S/C17H19NO2/c1-4-14-9-5-6-11-16(14)20-17(19)18-15-10-7-8-12(2)13(15)3/h5-11H,4H2,1-3H3,(H,18,19). The minimum Gasteiger partial charge on any atom is -0.410 e. The van der Waals surface area contributed by atoms with Crippen LogP contribution in [0.2, 0.25) is 0 Å². The highest BCUT2D eigenvalue weighted by atomic mass is 16.6. The second-order valence-corrected chi connectivity index (χ2v) is 4.72. The van der Waals surface area contributed by atoms with Gasteiger partial charge in [-0.15, -0.1) is 0 Å². The van der Waals surface area contributed by atoms with Crippen LogP contribution in [0.15, 0.2) is 42.5 Å². The van der Waals surface area contributed by atoms with Gasteiger partial charge in [0.05, 0.1) is 0 Å². The van der Waals surface area contributed by atoms with Crippen molar-refractivity contribution in [3.63, 3.8) is 0 Å². The van der Waals surface area contributed by atoms with Crippen molar-refractivity contribution in [2.75, 3.05) is 5.32 Å². The summed E-state index contributed by atoms with van der Waals surface area (Å²) in [6, 6.07) is 13.4. The second-order valence-electron chi connectivity index (χ2n) is 4.72. The molecule has 0 fully saturated rings. The third kappa shape index (κ3) is 3.18. The Labute approximate surface area is 119 Å². The van der Waals surface area contributed by atoms with Gasteiger partial charge in [-0.1, -0.05) is 37.3 Å². The number of para-hydroxylation sites is 1. The minimum atomic E-state index is -0.459. The quantitative estimate of drug-likeness (QED) is 0.892. The Kier molecular flexibility index (Phi) is 4.41. The summed E-state index contributed by atoms with van der Waals surface area (Å²) in [5.41, 5.74) is 3.98. The normalized spacial score (nSPS) is 10.2. The molecular formula is C17H19NO2. The summed E-state index contributed by atoms with van der Waals surface area (Å²) < 4.78 is 5.39. The minimum absolute atomic E-state index is 0.459. The number of hydrogen-bond acceptors (Lipinski definition) is 2. The van der Waals surface area contributed by atoms with Gasteiger partial charge in [-0.3, -0.25) is 5.32 Å². The fourth-order valence-corrected chi connectivity index (χ4v) is 2.02. The van der Waals surface area contributed by atoms with Crippen LogP contribution in [0.3, 0.4) is 0 Å².